The van der Waals surface area contributed by atoms with Crippen LogP contribution >= 0.6 is 0 Å². The largest absolute Gasteiger partial charge is 0.264 e. The molecule has 0 N–H and O–H groups in total. The van der Waals surface area contributed by atoms with Gasteiger partial charge >= 0.3 is 0 Å². The summed E-state index contributed by atoms with van der Waals surface area (Å²) in [6.07, 6.45) is 3.95. The topological polar surface area (TPSA) is 12.9 Å². The first kappa shape index (κ1) is 12.1. The predicted molar refractivity (Wildman–Crippen MR) is 74.5 cm³/mol. The van der Waals surface area contributed by atoms with Crippen LogP contribution in [-0.2, 0) is 5.41 Å². The van der Waals surface area contributed by atoms with E-state index in [0.29, 0.717) is 5.92 Å². The summed E-state index contributed by atoms with van der Waals surface area (Å²) in [5.41, 5.74) is 2.93. The molecule has 2 aromatic rings. The zero-order chi connectivity index (χ0) is 12.6. The van der Waals surface area contributed by atoms with Gasteiger partial charge in [0.2, 0.25) is 0 Å². The van der Waals surface area contributed by atoms with Crippen LogP contribution in [0.3, 0.4) is 0 Å². The average molecular weight is 227 g/mol. The molecule has 0 aliphatic heterocycles. The van der Waals surface area contributed by atoms with E-state index in [-0.39, 0.29) is 5.41 Å². The Hall–Kier alpha value is -1.37. The minimum Gasteiger partial charge on any atom is -0.264 e. The summed E-state index contributed by atoms with van der Waals surface area (Å²) in [4.78, 5) is 4.33. The van der Waals surface area contributed by atoms with Gasteiger partial charge in [-0.3, -0.25) is 4.98 Å². The highest BCUT2D eigenvalue weighted by atomic mass is 14.6. The second-order valence-corrected chi connectivity index (χ2v) is 6.07. The Morgan fingerprint density at radius 3 is 2.35 bits per heavy atom. The summed E-state index contributed by atoms with van der Waals surface area (Å²) >= 11 is 0. The molecule has 1 aromatic heterocycles. The normalized spacial score (nSPS) is 12.4. The molecule has 0 unspecified atom stereocenters. The van der Waals surface area contributed by atoms with Gasteiger partial charge in [0.15, 0.2) is 0 Å². The number of pyridine rings is 1. The third kappa shape index (κ3) is 2.33. The summed E-state index contributed by atoms with van der Waals surface area (Å²) in [6.45, 7) is 11.2. The van der Waals surface area contributed by atoms with E-state index in [1.807, 2.05) is 12.4 Å². The standard InChI is InChI=1S/C16H21N/c1-11(2)15-10-17-9-12-6-7-13(8-14(12)15)16(3,4)5/h6-11H,1-5H3. The smallest absolute Gasteiger partial charge is 0.0346 e. The molecule has 0 atom stereocenters. The van der Waals surface area contributed by atoms with E-state index in [2.05, 4.69) is 57.8 Å². The third-order valence-electron chi connectivity index (χ3n) is 3.28. The monoisotopic (exact) mass is 227 g/mol. The minimum atomic E-state index is 0.200. The zero-order valence-corrected chi connectivity index (χ0v) is 11.4. The Bertz CT molecular complexity index is 533. The Kier molecular flexibility index (Phi) is 2.94. The van der Waals surface area contributed by atoms with E-state index < -0.39 is 0 Å². The van der Waals surface area contributed by atoms with Crippen LogP contribution in [0.1, 0.15) is 51.7 Å². The summed E-state index contributed by atoms with van der Waals surface area (Å²) in [5, 5.41) is 2.59. The number of rotatable bonds is 1. The molecule has 0 spiro atoms. The molecular formula is C16H21N. The quantitative estimate of drug-likeness (QED) is 0.690. The highest BCUT2D eigenvalue weighted by molar-refractivity contribution is 5.86. The van der Waals surface area contributed by atoms with Crippen molar-refractivity contribution in [2.75, 3.05) is 0 Å². The maximum atomic E-state index is 4.33. The molecule has 0 amide bonds. The van der Waals surface area contributed by atoms with Crippen molar-refractivity contribution in [3.05, 3.63) is 41.7 Å². The van der Waals surface area contributed by atoms with Crippen molar-refractivity contribution in [3.8, 4) is 0 Å². The Morgan fingerprint density at radius 2 is 1.76 bits per heavy atom. The lowest BCUT2D eigenvalue weighted by Gasteiger charge is -2.20. The van der Waals surface area contributed by atoms with E-state index in [0.717, 1.165) is 0 Å². The average Bonchev–Trinajstić information content (AvgIpc) is 2.26. The number of aromatic nitrogens is 1. The first-order valence-corrected chi connectivity index (χ1v) is 6.28. The highest BCUT2D eigenvalue weighted by Crippen LogP contribution is 2.29. The molecule has 0 bridgehead atoms. The lowest BCUT2D eigenvalue weighted by Crippen LogP contribution is -2.10. The second-order valence-electron chi connectivity index (χ2n) is 6.07. The highest BCUT2D eigenvalue weighted by Gasteiger charge is 2.15. The van der Waals surface area contributed by atoms with Gasteiger partial charge in [-0.25, -0.2) is 0 Å². The summed E-state index contributed by atoms with van der Waals surface area (Å²) < 4.78 is 0. The van der Waals surface area contributed by atoms with Crippen molar-refractivity contribution >= 4 is 10.8 Å². The van der Waals surface area contributed by atoms with Gasteiger partial charge in [-0.15, -0.1) is 0 Å². The van der Waals surface area contributed by atoms with Crippen molar-refractivity contribution in [2.24, 2.45) is 0 Å². The molecular weight excluding hydrogens is 206 g/mol. The molecule has 17 heavy (non-hydrogen) atoms. The molecule has 0 aliphatic rings. The van der Waals surface area contributed by atoms with Crippen LogP contribution in [0, 0.1) is 0 Å². The van der Waals surface area contributed by atoms with Crippen molar-refractivity contribution in [1.29, 1.82) is 0 Å². The predicted octanol–water partition coefficient (Wildman–Crippen LogP) is 4.66. The van der Waals surface area contributed by atoms with E-state index in [4.69, 9.17) is 0 Å². The molecule has 1 nitrogen and oxygen atoms in total. The van der Waals surface area contributed by atoms with E-state index >= 15 is 0 Å². The van der Waals surface area contributed by atoms with Crippen LogP contribution in [0.5, 0.6) is 0 Å². The van der Waals surface area contributed by atoms with Gasteiger partial charge in [-0.1, -0.05) is 52.8 Å². The van der Waals surface area contributed by atoms with Gasteiger partial charge in [0, 0.05) is 17.8 Å². The Labute approximate surface area is 104 Å². The van der Waals surface area contributed by atoms with Gasteiger partial charge in [0.05, 0.1) is 0 Å². The molecule has 90 valence electrons. The van der Waals surface area contributed by atoms with Gasteiger partial charge in [-0.05, 0) is 27.8 Å². The van der Waals surface area contributed by atoms with E-state index in [1.165, 1.54) is 21.9 Å². The fraction of sp³-hybridized carbons (Fsp3) is 0.438. The summed E-state index contributed by atoms with van der Waals surface area (Å²) in [5.74, 6) is 0.515. The fourth-order valence-electron chi connectivity index (χ4n) is 2.11. The van der Waals surface area contributed by atoms with Crippen molar-refractivity contribution in [2.45, 2.75) is 46.0 Å². The van der Waals surface area contributed by atoms with E-state index in [9.17, 15) is 0 Å². The SMILES string of the molecule is CC(C)c1cncc2ccc(C(C)(C)C)cc12. The van der Waals surface area contributed by atoms with Crippen LogP contribution in [0.25, 0.3) is 10.8 Å². The molecule has 0 aliphatic carbocycles. The molecule has 0 saturated carbocycles. The fourth-order valence-corrected chi connectivity index (χ4v) is 2.11. The summed E-state index contributed by atoms with van der Waals surface area (Å²) in [7, 11) is 0. The lowest BCUT2D eigenvalue weighted by molar-refractivity contribution is 0.591. The molecule has 0 fully saturated rings. The van der Waals surface area contributed by atoms with Crippen LogP contribution in [-0.4, -0.2) is 4.98 Å². The first-order valence-electron chi connectivity index (χ1n) is 6.28. The lowest BCUT2D eigenvalue weighted by atomic mass is 9.85. The number of nitrogens with zero attached hydrogens (tertiary/aromatic N) is 1. The minimum absolute atomic E-state index is 0.200. The van der Waals surface area contributed by atoms with Crippen LogP contribution < -0.4 is 0 Å². The molecule has 1 heteroatoms. The van der Waals surface area contributed by atoms with Gasteiger partial charge in [0.25, 0.3) is 0 Å². The molecule has 0 radical (unpaired) electrons. The van der Waals surface area contributed by atoms with Crippen LogP contribution in [0.2, 0.25) is 0 Å². The molecule has 2 rings (SSSR count). The molecule has 0 saturated heterocycles. The van der Waals surface area contributed by atoms with E-state index in [1.54, 1.807) is 0 Å². The van der Waals surface area contributed by atoms with Crippen LogP contribution in [0.4, 0.5) is 0 Å². The maximum absolute atomic E-state index is 4.33. The molecule has 1 aromatic carbocycles. The van der Waals surface area contributed by atoms with Crippen molar-refractivity contribution < 1.29 is 0 Å². The van der Waals surface area contributed by atoms with Gasteiger partial charge < -0.3 is 0 Å². The Morgan fingerprint density at radius 1 is 1.06 bits per heavy atom. The van der Waals surface area contributed by atoms with Gasteiger partial charge in [-0.2, -0.15) is 0 Å². The maximum Gasteiger partial charge on any atom is 0.0346 e. The van der Waals surface area contributed by atoms with Gasteiger partial charge in [0.1, 0.15) is 0 Å². The zero-order valence-electron chi connectivity index (χ0n) is 11.4. The Balaban J connectivity index is 2.70. The second kappa shape index (κ2) is 4.14. The van der Waals surface area contributed by atoms with Crippen molar-refractivity contribution in [1.82, 2.24) is 4.98 Å². The molecule has 1 heterocycles. The number of fused-ring (bicyclic) bond motifs is 1. The first-order chi connectivity index (χ1) is 7.89. The van der Waals surface area contributed by atoms with Crippen LogP contribution in [0.15, 0.2) is 30.6 Å². The number of hydrogen-bond acceptors (Lipinski definition) is 1. The summed E-state index contributed by atoms with van der Waals surface area (Å²) in [6, 6.07) is 6.73. The number of benzene rings is 1. The third-order valence-corrected chi connectivity index (χ3v) is 3.28. The number of hydrogen-bond donors (Lipinski definition) is 0. The van der Waals surface area contributed by atoms with Crippen molar-refractivity contribution in [3.63, 3.8) is 0 Å².